The van der Waals surface area contributed by atoms with Gasteiger partial charge in [-0.1, -0.05) is 45.3 Å². The van der Waals surface area contributed by atoms with Gasteiger partial charge in [-0.05, 0) is 31.3 Å². The molecule has 0 atom stereocenters. The standard InChI is InChI=1S/C14H24O2/c1-3-5-7-8-9-11-13(10-6-4-2)12-14(15)16/h9,11-12H,3-8,10H2,1-2H3,(H,15,16)/b11-9+,13-12+. The first-order valence-corrected chi connectivity index (χ1v) is 6.30. The average molecular weight is 224 g/mol. The summed E-state index contributed by atoms with van der Waals surface area (Å²) in [5, 5.41) is 8.71. The number of rotatable bonds is 9. The fourth-order valence-electron chi connectivity index (χ4n) is 1.49. The Morgan fingerprint density at radius 3 is 2.38 bits per heavy atom. The number of hydrogen-bond donors (Lipinski definition) is 1. The lowest BCUT2D eigenvalue weighted by molar-refractivity contribution is -0.131. The topological polar surface area (TPSA) is 37.3 Å². The normalized spacial score (nSPS) is 12.2. The number of carboxylic acid groups (broad SMARTS) is 1. The summed E-state index contributed by atoms with van der Waals surface area (Å²) in [6.45, 7) is 4.30. The van der Waals surface area contributed by atoms with Gasteiger partial charge in [0, 0.05) is 6.08 Å². The van der Waals surface area contributed by atoms with Crippen LogP contribution in [0.2, 0.25) is 0 Å². The van der Waals surface area contributed by atoms with Crippen molar-refractivity contribution in [3.05, 3.63) is 23.8 Å². The van der Waals surface area contributed by atoms with Crippen LogP contribution in [0.25, 0.3) is 0 Å². The second-order valence-electron chi connectivity index (χ2n) is 4.06. The monoisotopic (exact) mass is 224 g/mol. The first-order valence-electron chi connectivity index (χ1n) is 6.30. The zero-order valence-electron chi connectivity index (χ0n) is 10.5. The van der Waals surface area contributed by atoms with Gasteiger partial charge in [-0.2, -0.15) is 0 Å². The fraction of sp³-hybridized carbons (Fsp3) is 0.643. The van der Waals surface area contributed by atoms with Crippen molar-refractivity contribution in [1.29, 1.82) is 0 Å². The molecule has 0 rings (SSSR count). The molecule has 0 radical (unpaired) electrons. The van der Waals surface area contributed by atoms with Crippen molar-refractivity contribution in [2.75, 3.05) is 0 Å². The second-order valence-corrected chi connectivity index (χ2v) is 4.06. The van der Waals surface area contributed by atoms with Crippen LogP contribution in [0, 0.1) is 0 Å². The van der Waals surface area contributed by atoms with Crippen LogP contribution in [0.15, 0.2) is 23.8 Å². The summed E-state index contributed by atoms with van der Waals surface area (Å²) in [5.74, 6) is -0.843. The smallest absolute Gasteiger partial charge is 0.328 e. The molecule has 2 heteroatoms. The number of aliphatic carboxylic acids is 1. The van der Waals surface area contributed by atoms with Crippen molar-refractivity contribution in [2.24, 2.45) is 0 Å². The highest BCUT2D eigenvalue weighted by atomic mass is 16.4. The van der Waals surface area contributed by atoms with Gasteiger partial charge in [0.25, 0.3) is 0 Å². The predicted molar refractivity (Wildman–Crippen MR) is 68.5 cm³/mol. The Morgan fingerprint density at radius 1 is 1.12 bits per heavy atom. The van der Waals surface area contributed by atoms with Crippen LogP contribution in [0.3, 0.4) is 0 Å². The van der Waals surface area contributed by atoms with E-state index in [0.717, 1.165) is 31.3 Å². The molecule has 0 aromatic carbocycles. The number of unbranched alkanes of at least 4 members (excludes halogenated alkanes) is 4. The first kappa shape index (κ1) is 14.9. The third kappa shape index (κ3) is 9.50. The second kappa shape index (κ2) is 10.5. The zero-order valence-corrected chi connectivity index (χ0v) is 10.5. The maximum Gasteiger partial charge on any atom is 0.328 e. The molecular formula is C14H24O2. The molecule has 0 saturated carbocycles. The van der Waals surface area contributed by atoms with Gasteiger partial charge in [0.15, 0.2) is 0 Å². The molecule has 16 heavy (non-hydrogen) atoms. The summed E-state index contributed by atoms with van der Waals surface area (Å²) in [6.07, 6.45) is 13.1. The lowest BCUT2D eigenvalue weighted by Crippen LogP contribution is -1.91. The Hall–Kier alpha value is -1.05. The SMILES string of the molecule is CCCCC/C=C/C(=C/C(=O)O)CCCC. The van der Waals surface area contributed by atoms with Crippen LogP contribution in [0.1, 0.15) is 58.8 Å². The molecule has 0 heterocycles. The third-order valence-electron chi connectivity index (χ3n) is 2.43. The van der Waals surface area contributed by atoms with Crippen LogP contribution >= 0.6 is 0 Å². The Kier molecular flexibility index (Phi) is 9.78. The summed E-state index contributed by atoms with van der Waals surface area (Å²) in [4.78, 5) is 10.6. The van der Waals surface area contributed by atoms with E-state index < -0.39 is 5.97 Å². The predicted octanol–water partition coefficient (Wildman–Crippen LogP) is 4.32. The lowest BCUT2D eigenvalue weighted by Gasteiger charge is -1.99. The molecule has 0 saturated heterocycles. The van der Waals surface area contributed by atoms with E-state index in [4.69, 9.17) is 5.11 Å². The van der Waals surface area contributed by atoms with Crippen molar-refractivity contribution in [3.63, 3.8) is 0 Å². The van der Waals surface area contributed by atoms with Crippen molar-refractivity contribution >= 4 is 5.97 Å². The fourth-order valence-corrected chi connectivity index (χ4v) is 1.49. The number of hydrogen-bond acceptors (Lipinski definition) is 1. The molecule has 0 amide bonds. The van der Waals surface area contributed by atoms with E-state index in [0.29, 0.717) is 0 Å². The quantitative estimate of drug-likeness (QED) is 0.359. The van der Waals surface area contributed by atoms with Crippen LogP contribution in [-0.2, 0) is 4.79 Å². The van der Waals surface area contributed by atoms with Crippen LogP contribution in [-0.4, -0.2) is 11.1 Å². The Morgan fingerprint density at radius 2 is 1.81 bits per heavy atom. The Bertz CT molecular complexity index is 239. The molecule has 0 spiro atoms. The summed E-state index contributed by atoms with van der Waals surface area (Å²) >= 11 is 0. The van der Waals surface area contributed by atoms with Gasteiger partial charge in [-0.15, -0.1) is 0 Å². The molecule has 0 aliphatic heterocycles. The van der Waals surface area contributed by atoms with Gasteiger partial charge in [-0.3, -0.25) is 0 Å². The van der Waals surface area contributed by atoms with Crippen molar-refractivity contribution in [3.8, 4) is 0 Å². The number of carboxylic acids is 1. The summed E-state index contributed by atoms with van der Waals surface area (Å²) in [5.41, 5.74) is 0.936. The largest absolute Gasteiger partial charge is 0.478 e. The van der Waals surface area contributed by atoms with Crippen LogP contribution in [0.5, 0.6) is 0 Å². The molecule has 2 nitrogen and oxygen atoms in total. The molecule has 0 fully saturated rings. The number of carbonyl (C=O) groups is 1. The minimum Gasteiger partial charge on any atom is -0.478 e. The maximum absolute atomic E-state index is 10.6. The van der Waals surface area contributed by atoms with E-state index in [1.165, 1.54) is 25.3 Å². The number of allylic oxidation sites excluding steroid dienone is 3. The van der Waals surface area contributed by atoms with Crippen molar-refractivity contribution in [1.82, 2.24) is 0 Å². The Balaban J connectivity index is 4.04. The van der Waals surface area contributed by atoms with Gasteiger partial charge in [0.1, 0.15) is 0 Å². The zero-order chi connectivity index (χ0) is 12.2. The van der Waals surface area contributed by atoms with Crippen molar-refractivity contribution < 1.29 is 9.90 Å². The molecule has 92 valence electrons. The van der Waals surface area contributed by atoms with E-state index in [1.54, 1.807) is 0 Å². The molecule has 1 N–H and O–H groups in total. The Labute approximate surface area is 99.1 Å². The van der Waals surface area contributed by atoms with Gasteiger partial charge < -0.3 is 5.11 Å². The molecular weight excluding hydrogens is 200 g/mol. The summed E-state index contributed by atoms with van der Waals surface area (Å²) in [7, 11) is 0. The van der Waals surface area contributed by atoms with Crippen molar-refractivity contribution in [2.45, 2.75) is 58.8 Å². The lowest BCUT2D eigenvalue weighted by atomic mass is 10.1. The molecule has 0 aliphatic carbocycles. The van der Waals surface area contributed by atoms with Gasteiger partial charge in [0.2, 0.25) is 0 Å². The van der Waals surface area contributed by atoms with Gasteiger partial charge >= 0.3 is 5.97 Å². The van der Waals surface area contributed by atoms with E-state index in [-0.39, 0.29) is 0 Å². The molecule has 0 unspecified atom stereocenters. The molecule has 0 aliphatic rings. The van der Waals surface area contributed by atoms with E-state index in [1.807, 2.05) is 6.08 Å². The van der Waals surface area contributed by atoms with E-state index >= 15 is 0 Å². The van der Waals surface area contributed by atoms with Crippen LogP contribution < -0.4 is 0 Å². The summed E-state index contributed by atoms with van der Waals surface area (Å²) in [6, 6.07) is 0. The summed E-state index contributed by atoms with van der Waals surface area (Å²) < 4.78 is 0. The molecule has 0 aromatic heterocycles. The highest BCUT2D eigenvalue weighted by molar-refractivity contribution is 5.81. The first-order chi connectivity index (χ1) is 7.70. The average Bonchev–Trinajstić information content (AvgIpc) is 2.24. The van der Waals surface area contributed by atoms with Gasteiger partial charge in [0.05, 0.1) is 0 Å². The minimum absolute atomic E-state index is 0.843. The minimum atomic E-state index is -0.843. The molecule has 0 bridgehead atoms. The maximum atomic E-state index is 10.6. The van der Waals surface area contributed by atoms with E-state index in [2.05, 4.69) is 19.9 Å². The molecule has 0 aromatic rings. The highest BCUT2D eigenvalue weighted by Crippen LogP contribution is 2.10. The third-order valence-corrected chi connectivity index (χ3v) is 2.43. The van der Waals surface area contributed by atoms with Crippen LogP contribution in [0.4, 0.5) is 0 Å². The van der Waals surface area contributed by atoms with E-state index in [9.17, 15) is 4.79 Å². The van der Waals surface area contributed by atoms with Gasteiger partial charge in [-0.25, -0.2) is 4.79 Å². The highest BCUT2D eigenvalue weighted by Gasteiger charge is 1.96.